The van der Waals surface area contributed by atoms with Crippen LogP contribution in [0, 0.1) is 17.2 Å². The molecule has 1 aliphatic heterocycles. The summed E-state index contributed by atoms with van der Waals surface area (Å²) in [5.74, 6) is 0.610. The van der Waals surface area contributed by atoms with Gasteiger partial charge < -0.3 is 0 Å². The maximum Gasteiger partial charge on any atom is 0.125 e. The van der Waals surface area contributed by atoms with E-state index in [-0.39, 0.29) is 0 Å². The molecule has 0 N–H and O–H groups in total. The molecule has 2 rings (SSSR count). The van der Waals surface area contributed by atoms with Crippen LogP contribution < -0.4 is 0 Å². The van der Waals surface area contributed by atoms with Crippen LogP contribution in [0.3, 0.4) is 0 Å². The van der Waals surface area contributed by atoms with Crippen molar-refractivity contribution < 1.29 is 4.39 Å². The Labute approximate surface area is 84.7 Å². The van der Waals surface area contributed by atoms with Crippen molar-refractivity contribution in [3.05, 3.63) is 0 Å². The number of hydrogen-bond donors (Lipinski definition) is 0. The van der Waals surface area contributed by atoms with Gasteiger partial charge in [-0.2, -0.15) is 5.26 Å². The van der Waals surface area contributed by atoms with Crippen LogP contribution in [0.5, 0.6) is 0 Å². The Morgan fingerprint density at radius 3 is 2.36 bits per heavy atom. The summed E-state index contributed by atoms with van der Waals surface area (Å²) >= 11 is 0. The smallest absolute Gasteiger partial charge is 0.125 e. The molecule has 0 spiro atoms. The largest absolute Gasteiger partial charge is 0.295 e. The van der Waals surface area contributed by atoms with Gasteiger partial charge >= 0.3 is 0 Å². The van der Waals surface area contributed by atoms with Gasteiger partial charge in [-0.25, -0.2) is 4.39 Å². The van der Waals surface area contributed by atoms with Crippen molar-refractivity contribution in [3.63, 3.8) is 0 Å². The third-order valence-electron chi connectivity index (χ3n) is 3.58. The third-order valence-corrected chi connectivity index (χ3v) is 3.58. The molecule has 0 aromatic heterocycles. The zero-order valence-corrected chi connectivity index (χ0v) is 8.45. The molecule has 0 radical (unpaired) electrons. The highest BCUT2D eigenvalue weighted by Crippen LogP contribution is 2.31. The Hall–Kier alpha value is -0.620. The quantitative estimate of drug-likeness (QED) is 0.676. The number of nitriles is 1. The van der Waals surface area contributed by atoms with Crippen LogP contribution in [0.1, 0.15) is 32.1 Å². The van der Waals surface area contributed by atoms with E-state index in [9.17, 15) is 4.39 Å². The molecule has 1 heterocycles. The first-order valence-electron chi connectivity index (χ1n) is 5.54. The topological polar surface area (TPSA) is 27.0 Å². The first kappa shape index (κ1) is 9.92. The van der Waals surface area contributed by atoms with Crippen LogP contribution in [0.15, 0.2) is 0 Å². The molecule has 2 aliphatic rings. The van der Waals surface area contributed by atoms with Gasteiger partial charge in [-0.15, -0.1) is 0 Å². The average Bonchev–Trinajstić information content (AvgIpc) is 2.15. The van der Waals surface area contributed by atoms with E-state index in [1.807, 2.05) is 0 Å². The standard InChI is InChI=1S/C11H17FN2/c12-10-7-14(8-10)11-3-1-9(2-4-11)5-6-13/h9-11H,1-5,7-8H2/t9-,11+. The average molecular weight is 196 g/mol. The molecule has 0 bridgehead atoms. The lowest BCUT2D eigenvalue weighted by atomic mass is 9.83. The van der Waals surface area contributed by atoms with E-state index in [4.69, 9.17) is 5.26 Å². The SMILES string of the molecule is N#CC[C@H]1CC[C@@H](N2CC(F)C2)CC1. The number of likely N-dealkylation sites (tertiary alicyclic amines) is 1. The molecule has 78 valence electrons. The molecule has 14 heavy (non-hydrogen) atoms. The molecule has 0 amide bonds. The third kappa shape index (κ3) is 2.06. The van der Waals surface area contributed by atoms with Gasteiger partial charge in [0.1, 0.15) is 6.17 Å². The zero-order chi connectivity index (χ0) is 9.97. The molecule has 1 aliphatic carbocycles. The zero-order valence-electron chi connectivity index (χ0n) is 8.45. The monoisotopic (exact) mass is 196 g/mol. The fourth-order valence-corrected chi connectivity index (χ4v) is 2.60. The fourth-order valence-electron chi connectivity index (χ4n) is 2.60. The maximum atomic E-state index is 12.6. The molecule has 0 unspecified atom stereocenters. The van der Waals surface area contributed by atoms with E-state index in [2.05, 4.69) is 11.0 Å². The lowest BCUT2D eigenvalue weighted by Gasteiger charge is -2.43. The van der Waals surface area contributed by atoms with Gasteiger partial charge in [-0.05, 0) is 31.6 Å². The Morgan fingerprint density at radius 2 is 1.86 bits per heavy atom. The van der Waals surface area contributed by atoms with E-state index in [1.165, 1.54) is 12.8 Å². The summed E-state index contributed by atoms with van der Waals surface area (Å²) in [5, 5.41) is 8.58. The van der Waals surface area contributed by atoms with Gasteiger partial charge in [0, 0.05) is 25.6 Å². The van der Waals surface area contributed by atoms with Crippen molar-refractivity contribution in [2.45, 2.75) is 44.3 Å². The highest BCUT2D eigenvalue weighted by Gasteiger charge is 2.34. The number of rotatable bonds is 2. The van der Waals surface area contributed by atoms with Crippen molar-refractivity contribution in [1.29, 1.82) is 5.26 Å². The molecular weight excluding hydrogens is 179 g/mol. The fraction of sp³-hybridized carbons (Fsp3) is 0.909. The summed E-state index contributed by atoms with van der Waals surface area (Å²) in [5.41, 5.74) is 0. The predicted molar refractivity (Wildman–Crippen MR) is 52.4 cm³/mol. The molecule has 0 aromatic carbocycles. The van der Waals surface area contributed by atoms with Gasteiger partial charge in [0.2, 0.25) is 0 Å². The maximum absolute atomic E-state index is 12.6. The first-order chi connectivity index (χ1) is 6.79. The Morgan fingerprint density at radius 1 is 1.21 bits per heavy atom. The molecular formula is C11H17FN2. The second-order valence-electron chi connectivity index (χ2n) is 4.59. The van der Waals surface area contributed by atoms with Crippen molar-refractivity contribution >= 4 is 0 Å². The van der Waals surface area contributed by atoms with Crippen molar-refractivity contribution in [3.8, 4) is 6.07 Å². The van der Waals surface area contributed by atoms with Crippen LogP contribution in [0.4, 0.5) is 4.39 Å². The summed E-state index contributed by atoms with van der Waals surface area (Å²) < 4.78 is 12.6. The summed E-state index contributed by atoms with van der Waals surface area (Å²) in [6.07, 6.45) is 4.78. The van der Waals surface area contributed by atoms with Crippen LogP contribution in [0.2, 0.25) is 0 Å². The van der Waals surface area contributed by atoms with Crippen LogP contribution in [0.25, 0.3) is 0 Å². The minimum absolute atomic E-state index is 0.577. The van der Waals surface area contributed by atoms with E-state index >= 15 is 0 Å². The number of hydrogen-bond acceptors (Lipinski definition) is 2. The van der Waals surface area contributed by atoms with Crippen LogP contribution in [-0.2, 0) is 0 Å². The summed E-state index contributed by atoms with van der Waals surface area (Å²) in [6, 6.07) is 2.85. The Kier molecular flexibility index (Phi) is 3.02. The number of halogens is 1. The van der Waals surface area contributed by atoms with E-state index < -0.39 is 6.17 Å². The lowest BCUT2D eigenvalue weighted by molar-refractivity contribution is 0.00860. The van der Waals surface area contributed by atoms with Gasteiger partial charge in [0.05, 0.1) is 6.07 Å². The van der Waals surface area contributed by atoms with Gasteiger partial charge in [0.15, 0.2) is 0 Å². The normalized spacial score (nSPS) is 34.9. The number of alkyl halides is 1. The Bertz CT molecular complexity index is 222. The molecule has 1 saturated carbocycles. The van der Waals surface area contributed by atoms with E-state index in [0.717, 1.165) is 12.8 Å². The Balaban J connectivity index is 1.71. The minimum atomic E-state index is -0.577. The molecule has 0 aromatic rings. The van der Waals surface area contributed by atoms with Gasteiger partial charge in [-0.3, -0.25) is 4.90 Å². The second kappa shape index (κ2) is 4.27. The molecule has 1 saturated heterocycles. The highest BCUT2D eigenvalue weighted by molar-refractivity contribution is 4.89. The predicted octanol–water partition coefficient (Wildman–Crippen LogP) is 2.11. The number of nitrogens with zero attached hydrogens (tertiary/aromatic N) is 2. The second-order valence-corrected chi connectivity index (χ2v) is 4.59. The highest BCUT2D eigenvalue weighted by atomic mass is 19.1. The molecule has 3 heteroatoms. The van der Waals surface area contributed by atoms with Crippen LogP contribution in [-0.4, -0.2) is 30.2 Å². The summed E-state index contributed by atoms with van der Waals surface area (Å²) in [7, 11) is 0. The molecule has 0 atom stereocenters. The van der Waals surface area contributed by atoms with E-state index in [0.29, 0.717) is 31.5 Å². The first-order valence-corrected chi connectivity index (χ1v) is 5.54. The summed E-state index contributed by atoms with van der Waals surface area (Å²) in [6.45, 7) is 1.29. The van der Waals surface area contributed by atoms with Gasteiger partial charge in [0.25, 0.3) is 0 Å². The lowest BCUT2D eigenvalue weighted by Crippen LogP contribution is -2.54. The summed E-state index contributed by atoms with van der Waals surface area (Å²) in [4.78, 5) is 2.26. The van der Waals surface area contributed by atoms with Crippen LogP contribution >= 0.6 is 0 Å². The van der Waals surface area contributed by atoms with E-state index in [1.54, 1.807) is 0 Å². The van der Waals surface area contributed by atoms with Gasteiger partial charge in [-0.1, -0.05) is 0 Å². The van der Waals surface area contributed by atoms with Crippen molar-refractivity contribution in [2.75, 3.05) is 13.1 Å². The van der Waals surface area contributed by atoms with Crippen molar-refractivity contribution in [1.82, 2.24) is 4.90 Å². The van der Waals surface area contributed by atoms with Crippen molar-refractivity contribution in [2.24, 2.45) is 5.92 Å². The minimum Gasteiger partial charge on any atom is -0.295 e. The molecule has 2 fully saturated rings. The molecule has 2 nitrogen and oxygen atoms in total.